The Labute approximate surface area is 63.9 Å². The molecule has 10 heteroatoms. The fraction of sp³-hybridized carbons (Fsp3) is 0. The van der Waals surface area contributed by atoms with Gasteiger partial charge in [-0.2, -0.15) is 0 Å². The number of aromatic nitrogens is 3. The van der Waals surface area contributed by atoms with Crippen LogP contribution in [0.15, 0.2) is 0 Å². The normalized spacial score (nSPS) is 9.67. The molecule has 10 nitrogen and oxygen atoms in total. The Hall–Kier alpha value is -2.26. The van der Waals surface area contributed by atoms with E-state index in [1.54, 1.807) is 0 Å². The van der Waals surface area contributed by atoms with E-state index >= 15 is 0 Å². The van der Waals surface area contributed by atoms with Crippen molar-refractivity contribution in [2.75, 3.05) is 5.73 Å². The van der Waals surface area contributed by atoms with Crippen molar-refractivity contribution in [1.29, 1.82) is 0 Å². The van der Waals surface area contributed by atoms with E-state index in [2.05, 4.69) is 10.1 Å². The van der Waals surface area contributed by atoms with Gasteiger partial charge in [-0.15, -0.1) is 0 Å². The minimum atomic E-state index is -1.10. The molecule has 0 aromatic carbocycles. The van der Waals surface area contributed by atoms with Gasteiger partial charge in [0.2, 0.25) is 0 Å². The number of hydrogen-bond acceptors (Lipinski definition) is 7. The second kappa shape index (κ2) is 2.41. The zero-order valence-corrected chi connectivity index (χ0v) is 5.45. The third-order valence-electron chi connectivity index (χ3n) is 0.909. The molecule has 1 heterocycles. The quantitative estimate of drug-likeness (QED) is 0.438. The molecule has 1 rings (SSSR count). The van der Waals surface area contributed by atoms with Gasteiger partial charge in [0.1, 0.15) is 5.03 Å². The van der Waals surface area contributed by atoms with Gasteiger partial charge in [-0.3, -0.25) is 0 Å². The lowest BCUT2D eigenvalue weighted by Crippen LogP contribution is -2.13. The molecular formula is C2H2N6O4. The van der Waals surface area contributed by atoms with Gasteiger partial charge in [0.15, 0.2) is 9.89 Å². The van der Waals surface area contributed by atoms with Crippen molar-refractivity contribution in [1.82, 2.24) is 14.9 Å². The highest BCUT2D eigenvalue weighted by atomic mass is 16.7. The largest absolute Gasteiger partial charge is 0.526 e. The van der Waals surface area contributed by atoms with E-state index in [1.165, 1.54) is 0 Å². The maximum atomic E-state index is 10.1. The highest BCUT2D eigenvalue weighted by molar-refractivity contribution is 5.19. The maximum Gasteiger partial charge on any atom is 0.526 e. The Balaban J connectivity index is 3.26. The molecule has 12 heavy (non-hydrogen) atoms. The summed E-state index contributed by atoms with van der Waals surface area (Å²) >= 11 is 0. The molecule has 0 spiro atoms. The molecule has 1 aromatic heterocycles. The van der Waals surface area contributed by atoms with Gasteiger partial charge >= 0.3 is 11.9 Å². The van der Waals surface area contributed by atoms with E-state index in [9.17, 15) is 20.2 Å². The summed E-state index contributed by atoms with van der Waals surface area (Å²) in [5, 5.41) is 22.0. The van der Waals surface area contributed by atoms with Gasteiger partial charge < -0.3 is 26.0 Å². The summed E-state index contributed by atoms with van der Waals surface area (Å²) in [6.07, 6.45) is 0. The molecule has 0 aliphatic carbocycles. The van der Waals surface area contributed by atoms with Gasteiger partial charge in [0.25, 0.3) is 0 Å². The lowest BCUT2D eigenvalue weighted by atomic mass is 11.0. The third kappa shape index (κ3) is 1.12. The van der Waals surface area contributed by atoms with Crippen LogP contribution in [-0.4, -0.2) is 24.8 Å². The number of nitrogens with two attached hydrogens (primary N) is 1. The van der Waals surface area contributed by atoms with Crippen LogP contribution in [0.5, 0.6) is 0 Å². The van der Waals surface area contributed by atoms with Crippen LogP contribution < -0.4 is 5.73 Å². The Morgan fingerprint density at radius 2 is 2.00 bits per heavy atom. The van der Waals surface area contributed by atoms with Gasteiger partial charge in [-0.25, -0.2) is 0 Å². The summed E-state index contributed by atoms with van der Waals surface area (Å²) in [6, 6.07) is 0. The summed E-state index contributed by atoms with van der Waals surface area (Å²) in [5.74, 6) is -1.53. The molecule has 0 unspecified atom stereocenters. The predicted molar refractivity (Wildman–Crippen MR) is 33.5 cm³/mol. The second-order valence-electron chi connectivity index (χ2n) is 1.65. The molecule has 0 aliphatic heterocycles. The predicted octanol–water partition coefficient (Wildman–Crippen LogP) is -1.19. The molecule has 0 radical (unpaired) electrons. The number of anilines is 1. The van der Waals surface area contributed by atoms with Crippen molar-refractivity contribution in [2.24, 2.45) is 0 Å². The van der Waals surface area contributed by atoms with E-state index in [-0.39, 0.29) is 4.79 Å². The van der Waals surface area contributed by atoms with Crippen molar-refractivity contribution >= 4 is 11.9 Å². The van der Waals surface area contributed by atoms with E-state index in [0.717, 1.165) is 0 Å². The molecule has 0 amide bonds. The van der Waals surface area contributed by atoms with E-state index in [4.69, 9.17) is 5.73 Å². The van der Waals surface area contributed by atoms with Gasteiger partial charge in [-0.05, 0) is 4.92 Å². The van der Waals surface area contributed by atoms with Crippen molar-refractivity contribution < 1.29 is 9.96 Å². The van der Waals surface area contributed by atoms with Crippen LogP contribution in [0.3, 0.4) is 0 Å². The first-order chi connectivity index (χ1) is 5.52. The average molecular weight is 174 g/mol. The molecule has 0 saturated heterocycles. The molecule has 2 N–H and O–H groups in total. The highest BCUT2D eigenvalue weighted by Gasteiger charge is 2.30. The molecule has 0 fully saturated rings. The summed E-state index contributed by atoms with van der Waals surface area (Å²) in [7, 11) is 0. The zero-order valence-electron chi connectivity index (χ0n) is 5.45. The van der Waals surface area contributed by atoms with Crippen LogP contribution in [0.25, 0.3) is 0 Å². The van der Waals surface area contributed by atoms with E-state index < -0.39 is 21.9 Å². The van der Waals surface area contributed by atoms with Crippen LogP contribution in [0.4, 0.5) is 11.9 Å². The summed E-state index contributed by atoms with van der Waals surface area (Å²) in [4.78, 5) is 22.0. The van der Waals surface area contributed by atoms with Crippen molar-refractivity contribution in [2.45, 2.75) is 0 Å². The standard InChI is InChI=1S/C2H2N6O4/c3-1-4-2(7(9)10)6(5-1)8(11)12/h(H2,3,5). The molecule has 0 saturated carbocycles. The van der Waals surface area contributed by atoms with Crippen LogP contribution in [0, 0.1) is 20.2 Å². The fourth-order valence-electron chi connectivity index (χ4n) is 0.535. The van der Waals surface area contributed by atoms with Crippen LogP contribution in [0.2, 0.25) is 0 Å². The van der Waals surface area contributed by atoms with Crippen molar-refractivity contribution in [3.05, 3.63) is 20.2 Å². The van der Waals surface area contributed by atoms with Gasteiger partial charge in [0.05, 0.1) is 0 Å². The number of hydrogen-bond donors (Lipinski definition) is 1. The first-order valence-electron chi connectivity index (χ1n) is 2.54. The van der Waals surface area contributed by atoms with Crippen LogP contribution in [0.1, 0.15) is 0 Å². The zero-order chi connectivity index (χ0) is 9.30. The van der Waals surface area contributed by atoms with Crippen molar-refractivity contribution in [3.63, 3.8) is 0 Å². The maximum absolute atomic E-state index is 10.1. The number of nitro groups is 2. The molecule has 0 aliphatic rings. The van der Waals surface area contributed by atoms with Gasteiger partial charge in [0, 0.05) is 4.98 Å². The fourth-order valence-corrected chi connectivity index (χ4v) is 0.535. The second-order valence-corrected chi connectivity index (χ2v) is 1.65. The first-order valence-corrected chi connectivity index (χ1v) is 2.54. The van der Waals surface area contributed by atoms with E-state index in [0.29, 0.717) is 0 Å². The van der Waals surface area contributed by atoms with Gasteiger partial charge in [-0.1, -0.05) is 0 Å². The number of nitrogens with zero attached hydrogens (tertiary/aromatic N) is 5. The van der Waals surface area contributed by atoms with E-state index in [1.807, 2.05) is 0 Å². The Morgan fingerprint density at radius 1 is 1.42 bits per heavy atom. The monoisotopic (exact) mass is 174 g/mol. The Bertz CT molecular complexity index is 310. The summed E-state index contributed by atoms with van der Waals surface area (Å²) in [5.41, 5.74) is 4.90. The van der Waals surface area contributed by atoms with Crippen molar-refractivity contribution in [3.8, 4) is 0 Å². The SMILES string of the molecule is Nc1nc([N+](=O)[O-])n([N+](=O)[O-])n1. The minimum absolute atomic E-state index is 0.102. The summed E-state index contributed by atoms with van der Waals surface area (Å²) in [6.45, 7) is 0. The molecule has 1 aromatic rings. The minimum Gasteiger partial charge on any atom is -0.390 e. The number of nitrogen functional groups attached to an aromatic ring is 1. The topological polar surface area (TPSA) is 143 Å². The van der Waals surface area contributed by atoms with Crippen LogP contribution in [-0.2, 0) is 0 Å². The Morgan fingerprint density at radius 3 is 2.33 bits per heavy atom. The molecule has 64 valence electrons. The first kappa shape index (κ1) is 7.84. The Kier molecular flexibility index (Phi) is 1.58. The lowest BCUT2D eigenvalue weighted by Gasteiger charge is -1.88. The smallest absolute Gasteiger partial charge is 0.390 e. The third-order valence-corrected chi connectivity index (χ3v) is 0.909. The molecule has 0 atom stereocenters. The van der Waals surface area contributed by atoms with Crippen LogP contribution >= 0.6 is 0 Å². The molecule has 0 bridgehead atoms. The lowest BCUT2D eigenvalue weighted by molar-refractivity contribution is -0.570. The molecular weight excluding hydrogens is 172 g/mol. The summed E-state index contributed by atoms with van der Waals surface area (Å²) < 4.78 is 0. The average Bonchev–Trinajstić information content (AvgIpc) is 2.31. The number of rotatable bonds is 2. The highest BCUT2D eigenvalue weighted by Crippen LogP contribution is 2.07.